The van der Waals surface area contributed by atoms with Gasteiger partial charge < -0.3 is 15.5 Å². The molecule has 1 aromatic rings. The van der Waals surface area contributed by atoms with Gasteiger partial charge in [0.1, 0.15) is 11.9 Å². The third-order valence-corrected chi connectivity index (χ3v) is 2.29. The molecule has 7 heteroatoms. The van der Waals surface area contributed by atoms with Crippen molar-refractivity contribution < 1.29 is 19.5 Å². The third kappa shape index (κ3) is 3.19. The maximum absolute atomic E-state index is 13.4. The predicted octanol–water partition coefficient (Wildman–Crippen LogP) is 0.348. The van der Waals surface area contributed by atoms with E-state index in [2.05, 4.69) is 5.32 Å². The van der Waals surface area contributed by atoms with Gasteiger partial charge in [0.15, 0.2) is 0 Å². The Bertz CT molecular complexity index is 413. The van der Waals surface area contributed by atoms with E-state index in [-0.39, 0.29) is 17.8 Å². The molecular formula is C10H13FN2O4. The van der Waals surface area contributed by atoms with Gasteiger partial charge in [-0.3, -0.25) is 10.1 Å². The molecule has 0 radical (unpaired) electrons. The first kappa shape index (κ1) is 13.5. The first-order valence-corrected chi connectivity index (χ1v) is 4.92. The summed E-state index contributed by atoms with van der Waals surface area (Å²) in [6.45, 7) is 0.0449. The van der Waals surface area contributed by atoms with Gasteiger partial charge in [-0.1, -0.05) is 0 Å². The maximum atomic E-state index is 13.4. The summed E-state index contributed by atoms with van der Waals surface area (Å²) in [4.78, 5) is 9.81. The molecule has 2 atom stereocenters. The van der Waals surface area contributed by atoms with Gasteiger partial charge in [-0.05, 0) is 13.1 Å². The highest BCUT2D eigenvalue weighted by atomic mass is 19.1. The molecule has 94 valence electrons. The molecule has 1 aromatic carbocycles. The van der Waals surface area contributed by atoms with Crippen LogP contribution in [0, 0.1) is 15.9 Å². The van der Waals surface area contributed by atoms with E-state index >= 15 is 0 Å². The van der Waals surface area contributed by atoms with E-state index < -0.39 is 22.9 Å². The van der Waals surface area contributed by atoms with Crippen LogP contribution in [0.2, 0.25) is 0 Å². The number of aliphatic hydroxyl groups is 2. The maximum Gasteiger partial charge on any atom is 0.270 e. The standard InChI is InChI=1S/C10H13FN2O4/c1-12-5-9(14)10(15)7-4-6(13(16)17)2-3-8(7)11/h2-4,9-10,12,14-15H,5H2,1H3. The summed E-state index contributed by atoms with van der Waals surface area (Å²) < 4.78 is 13.4. The smallest absolute Gasteiger partial charge is 0.270 e. The van der Waals surface area contributed by atoms with E-state index in [4.69, 9.17) is 0 Å². The summed E-state index contributed by atoms with van der Waals surface area (Å²) in [6, 6.07) is 2.80. The molecular weight excluding hydrogens is 231 g/mol. The monoisotopic (exact) mass is 244 g/mol. The molecule has 0 saturated heterocycles. The van der Waals surface area contributed by atoms with Gasteiger partial charge >= 0.3 is 0 Å². The Hall–Kier alpha value is -1.57. The van der Waals surface area contributed by atoms with E-state index in [9.17, 15) is 24.7 Å². The second-order valence-electron chi connectivity index (χ2n) is 3.53. The number of benzene rings is 1. The van der Waals surface area contributed by atoms with Crippen LogP contribution >= 0.6 is 0 Å². The number of likely N-dealkylation sites (N-methyl/N-ethyl adjacent to an activating group) is 1. The van der Waals surface area contributed by atoms with Crippen LogP contribution in [0.3, 0.4) is 0 Å². The Kier molecular flexibility index (Phi) is 4.50. The second-order valence-corrected chi connectivity index (χ2v) is 3.53. The molecule has 1 rings (SSSR count). The normalized spacial score (nSPS) is 14.4. The molecule has 0 spiro atoms. The molecule has 6 nitrogen and oxygen atoms in total. The third-order valence-electron chi connectivity index (χ3n) is 2.29. The number of aliphatic hydroxyl groups excluding tert-OH is 2. The summed E-state index contributed by atoms with van der Waals surface area (Å²) >= 11 is 0. The summed E-state index contributed by atoms with van der Waals surface area (Å²) in [5.41, 5.74) is -0.626. The van der Waals surface area contributed by atoms with Crippen LogP contribution in [0.1, 0.15) is 11.7 Å². The summed E-state index contributed by atoms with van der Waals surface area (Å²) in [6.07, 6.45) is -2.75. The lowest BCUT2D eigenvalue weighted by Crippen LogP contribution is -2.30. The fourth-order valence-electron chi connectivity index (χ4n) is 1.40. The number of hydrogen-bond acceptors (Lipinski definition) is 5. The highest BCUT2D eigenvalue weighted by Crippen LogP contribution is 2.24. The number of nitrogens with zero attached hydrogens (tertiary/aromatic N) is 1. The van der Waals surface area contributed by atoms with E-state index in [0.29, 0.717) is 0 Å². The zero-order chi connectivity index (χ0) is 13.0. The molecule has 17 heavy (non-hydrogen) atoms. The molecule has 0 saturated carbocycles. The molecule has 0 aromatic heterocycles. The van der Waals surface area contributed by atoms with Crippen molar-refractivity contribution in [2.75, 3.05) is 13.6 Å². The number of rotatable bonds is 5. The van der Waals surface area contributed by atoms with Gasteiger partial charge in [0.05, 0.1) is 11.0 Å². The molecule has 0 aliphatic rings. The SMILES string of the molecule is CNCC(O)C(O)c1cc([N+](=O)[O-])ccc1F. The van der Waals surface area contributed by atoms with Gasteiger partial charge in [-0.2, -0.15) is 0 Å². The van der Waals surface area contributed by atoms with E-state index in [1.54, 1.807) is 7.05 Å². The number of nitro benzene ring substituents is 1. The fraction of sp³-hybridized carbons (Fsp3) is 0.400. The molecule has 0 fully saturated rings. The first-order chi connectivity index (χ1) is 7.97. The molecule has 0 aliphatic heterocycles. The van der Waals surface area contributed by atoms with Crippen LogP contribution < -0.4 is 5.32 Å². The Morgan fingerprint density at radius 2 is 2.18 bits per heavy atom. The van der Waals surface area contributed by atoms with Crippen LogP contribution in [0.15, 0.2) is 18.2 Å². The topological polar surface area (TPSA) is 95.6 Å². The lowest BCUT2D eigenvalue weighted by Gasteiger charge is -2.18. The highest BCUT2D eigenvalue weighted by Gasteiger charge is 2.23. The summed E-state index contributed by atoms with van der Waals surface area (Å²) in [5, 5.41) is 32.2. The van der Waals surface area contributed by atoms with Crippen molar-refractivity contribution in [2.24, 2.45) is 0 Å². The van der Waals surface area contributed by atoms with Crippen molar-refractivity contribution in [3.63, 3.8) is 0 Å². The van der Waals surface area contributed by atoms with Crippen molar-refractivity contribution >= 4 is 5.69 Å². The second kappa shape index (κ2) is 5.67. The predicted molar refractivity (Wildman–Crippen MR) is 57.9 cm³/mol. The Balaban J connectivity index is 3.03. The largest absolute Gasteiger partial charge is 0.389 e. The minimum atomic E-state index is -1.51. The van der Waals surface area contributed by atoms with Crippen molar-refractivity contribution in [1.29, 1.82) is 0 Å². The molecule has 0 bridgehead atoms. The molecule has 0 aliphatic carbocycles. The minimum Gasteiger partial charge on any atom is -0.389 e. The lowest BCUT2D eigenvalue weighted by molar-refractivity contribution is -0.385. The van der Waals surface area contributed by atoms with Crippen LogP contribution in [0.25, 0.3) is 0 Å². The molecule has 3 N–H and O–H groups in total. The van der Waals surface area contributed by atoms with E-state index in [1.165, 1.54) is 0 Å². The summed E-state index contributed by atoms with van der Waals surface area (Å²) in [5.74, 6) is -0.793. The molecule has 0 amide bonds. The van der Waals surface area contributed by atoms with Gasteiger partial charge in [-0.15, -0.1) is 0 Å². The van der Waals surface area contributed by atoms with Crippen molar-refractivity contribution in [1.82, 2.24) is 5.32 Å². The van der Waals surface area contributed by atoms with Crippen LogP contribution in [0.5, 0.6) is 0 Å². The average molecular weight is 244 g/mol. The highest BCUT2D eigenvalue weighted by molar-refractivity contribution is 5.36. The fourth-order valence-corrected chi connectivity index (χ4v) is 1.40. The number of nitrogens with one attached hydrogen (secondary N) is 1. The van der Waals surface area contributed by atoms with Crippen LogP contribution in [0.4, 0.5) is 10.1 Å². The number of non-ortho nitro benzene ring substituents is 1. The lowest BCUT2D eigenvalue weighted by atomic mass is 10.0. The zero-order valence-electron chi connectivity index (χ0n) is 9.13. The number of nitro groups is 1. The molecule has 2 unspecified atom stereocenters. The Labute approximate surface area is 96.8 Å². The average Bonchev–Trinajstić information content (AvgIpc) is 2.28. The van der Waals surface area contributed by atoms with Gasteiger partial charge in [0.2, 0.25) is 0 Å². The van der Waals surface area contributed by atoms with Crippen LogP contribution in [-0.4, -0.2) is 34.8 Å². The Morgan fingerprint density at radius 3 is 2.71 bits per heavy atom. The minimum absolute atomic E-state index is 0.0449. The first-order valence-electron chi connectivity index (χ1n) is 4.92. The van der Waals surface area contributed by atoms with E-state index in [1.807, 2.05) is 0 Å². The molecule has 0 heterocycles. The quantitative estimate of drug-likeness (QED) is 0.513. The number of hydrogen-bond donors (Lipinski definition) is 3. The number of halogens is 1. The summed E-state index contributed by atoms with van der Waals surface area (Å²) in [7, 11) is 1.56. The van der Waals surface area contributed by atoms with Gasteiger partial charge in [0, 0.05) is 24.2 Å². The Morgan fingerprint density at radius 1 is 1.53 bits per heavy atom. The van der Waals surface area contributed by atoms with Crippen molar-refractivity contribution in [2.45, 2.75) is 12.2 Å². The van der Waals surface area contributed by atoms with E-state index in [0.717, 1.165) is 18.2 Å². The van der Waals surface area contributed by atoms with Crippen LogP contribution in [-0.2, 0) is 0 Å². The zero-order valence-corrected chi connectivity index (χ0v) is 9.13. The van der Waals surface area contributed by atoms with Crippen molar-refractivity contribution in [3.8, 4) is 0 Å². The van der Waals surface area contributed by atoms with Gasteiger partial charge in [-0.25, -0.2) is 4.39 Å². The van der Waals surface area contributed by atoms with Gasteiger partial charge in [0.25, 0.3) is 5.69 Å². The van der Waals surface area contributed by atoms with Crippen molar-refractivity contribution in [3.05, 3.63) is 39.7 Å².